The van der Waals surface area contributed by atoms with Crippen molar-refractivity contribution in [2.45, 2.75) is 41.3 Å². The van der Waals surface area contributed by atoms with Gasteiger partial charge in [-0.25, -0.2) is 13.1 Å². The molecule has 4 aromatic carbocycles. The highest BCUT2D eigenvalue weighted by atomic mass is 32.2. The molecule has 18 heteroatoms. The summed E-state index contributed by atoms with van der Waals surface area (Å²) in [6.07, 6.45) is -4.52. The second-order valence-electron chi connectivity index (χ2n) is 12.3. The van der Waals surface area contributed by atoms with E-state index in [1.165, 1.54) is 42.0 Å². The van der Waals surface area contributed by atoms with Crippen molar-refractivity contribution in [3.63, 3.8) is 0 Å². The van der Waals surface area contributed by atoms with Crippen LogP contribution in [0.15, 0.2) is 101 Å². The molecule has 0 saturated carbocycles. The number of nitro benzene ring substituents is 1. The lowest BCUT2D eigenvalue weighted by Gasteiger charge is -2.21. The van der Waals surface area contributed by atoms with E-state index in [1.54, 1.807) is 44.4 Å². The van der Waals surface area contributed by atoms with Gasteiger partial charge in [-0.1, -0.05) is 42.5 Å². The second-order valence-corrected chi connectivity index (χ2v) is 15.1. The molecule has 0 aliphatic carbocycles. The predicted octanol–water partition coefficient (Wildman–Crippen LogP) is 6.05. The summed E-state index contributed by atoms with van der Waals surface area (Å²) in [6, 6.07) is 22.8. The summed E-state index contributed by atoms with van der Waals surface area (Å²) < 4.78 is 71.0. The van der Waals surface area contributed by atoms with Gasteiger partial charge in [-0.2, -0.15) is 13.2 Å². The molecule has 3 N–H and O–H groups in total. The van der Waals surface area contributed by atoms with E-state index in [0.29, 0.717) is 28.2 Å². The smallest absolute Gasteiger partial charge is 0.405 e. The van der Waals surface area contributed by atoms with Crippen LogP contribution in [0.25, 0.3) is 11.1 Å². The maximum Gasteiger partial charge on any atom is 0.405 e. The van der Waals surface area contributed by atoms with Gasteiger partial charge in [-0.05, 0) is 60.0 Å². The average Bonchev–Trinajstić information content (AvgIpc) is 3.15. The summed E-state index contributed by atoms with van der Waals surface area (Å²) in [5, 5.41) is 17.0. The molecular formula is C37H38F3N5O8S2. The number of hydrogen-bond donors (Lipinski definition) is 3. The Bertz CT molecular complexity index is 2120. The average molecular weight is 802 g/mol. The highest BCUT2D eigenvalue weighted by molar-refractivity contribution is 7.99. The standard InChI is InChI=1S/C37H38F3N5O8S2/c1-44(2)35(47)20-27(22-54-28-7-5-4-6-8-28)42-31-17-15-29(21-32(31)45(49)50)55(51,52)43-36(48)26-13-11-25(12-14-26)30-16-9-24(19-33(30)53-3)10-18-34(46)41-23-37(38,39)40/h4-9,11-17,19,21,27,42H,10,18,20,22-23H2,1-3H3,(H,41,46)(H,43,48)/t27-/m1/s1. The van der Waals surface area contributed by atoms with Crippen LogP contribution in [0, 0.1) is 10.1 Å². The number of rotatable bonds is 17. The molecule has 0 unspecified atom stereocenters. The summed E-state index contributed by atoms with van der Waals surface area (Å²) in [5.41, 5.74) is 1.18. The van der Waals surface area contributed by atoms with Gasteiger partial charge in [0.1, 0.15) is 18.0 Å². The molecule has 0 saturated heterocycles. The SMILES string of the molecule is COc1cc(CCC(=O)NCC(F)(F)F)ccc1-c1ccc(C(=O)NS(=O)(=O)c2ccc(N[C@@H](CSc3ccccc3)CC(=O)N(C)C)c([N+](=O)[O-])c2)cc1. The topological polar surface area (TPSA) is 177 Å². The van der Waals surface area contributed by atoms with Crippen LogP contribution >= 0.6 is 11.8 Å². The summed E-state index contributed by atoms with van der Waals surface area (Å²) >= 11 is 1.44. The first-order valence-electron chi connectivity index (χ1n) is 16.6. The van der Waals surface area contributed by atoms with Crippen LogP contribution in [0.2, 0.25) is 0 Å². The monoisotopic (exact) mass is 801 g/mol. The number of anilines is 1. The van der Waals surface area contributed by atoms with Crippen LogP contribution in [0.3, 0.4) is 0 Å². The Morgan fingerprint density at radius 2 is 1.65 bits per heavy atom. The number of hydrogen-bond acceptors (Lipinski definition) is 10. The van der Waals surface area contributed by atoms with Crippen molar-refractivity contribution in [3.8, 4) is 16.9 Å². The number of thioether (sulfide) groups is 1. The highest BCUT2D eigenvalue weighted by Crippen LogP contribution is 2.33. The quantitative estimate of drug-likeness (QED) is 0.0647. The molecule has 1 atom stereocenters. The van der Waals surface area contributed by atoms with E-state index in [-0.39, 0.29) is 36.4 Å². The van der Waals surface area contributed by atoms with Gasteiger partial charge < -0.3 is 20.3 Å². The first kappa shape index (κ1) is 42.1. The number of amides is 3. The number of nitrogens with one attached hydrogen (secondary N) is 3. The Morgan fingerprint density at radius 3 is 2.27 bits per heavy atom. The Labute approximate surface area is 319 Å². The van der Waals surface area contributed by atoms with Crippen LogP contribution in [-0.2, 0) is 26.0 Å². The minimum absolute atomic E-state index is 0.00798. The first-order valence-corrected chi connectivity index (χ1v) is 19.0. The maximum absolute atomic E-state index is 13.3. The van der Waals surface area contributed by atoms with E-state index in [9.17, 15) is 46.1 Å². The van der Waals surface area contributed by atoms with Gasteiger partial charge >= 0.3 is 6.18 Å². The number of carbonyl (C=O) groups excluding carboxylic acids is 3. The zero-order valence-electron chi connectivity index (χ0n) is 29.9. The van der Waals surface area contributed by atoms with E-state index in [2.05, 4.69) is 5.32 Å². The van der Waals surface area contributed by atoms with Crippen LogP contribution in [0.5, 0.6) is 5.75 Å². The lowest BCUT2D eigenvalue weighted by atomic mass is 9.99. The predicted molar refractivity (Wildman–Crippen MR) is 201 cm³/mol. The van der Waals surface area contributed by atoms with Crippen molar-refractivity contribution < 1.29 is 45.6 Å². The van der Waals surface area contributed by atoms with Crippen molar-refractivity contribution >= 4 is 50.9 Å². The fourth-order valence-electron chi connectivity index (χ4n) is 5.15. The normalized spacial score (nSPS) is 12.0. The lowest BCUT2D eigenvalue weighted by molar-refractivity contribution is -0.384. The minimum atomic E-state index is -4.59. The lowest BCUT2D eigenvalue weighted by Crippen LogP contribution is -2.33. The molecule has 4 rings (SSSR count). The van der Waals surface area contributed by atoms with Crippen LogP contribution in [0.1, 0.15) is 28.8 Å². The molecule has 0 aliphatic heterocycles. The zero-order chi connectivity index (χ0) is 40.3. The number of aryl methyl sites for hydroxylation is 1. The number of alkyl halides is 3. The van der Waals surface area contributed by atoms with Crippen molar-refractivity contribution in [1.82, 2.24) is 14.9 Å². The van der Waals surface area contributed by atoms with Crippen molar-refractivity contribution in [2.75, 3.05) is 38.8 Å². The molecule has 3 amide bonds. The van der Waals surface area contributed by atoms with Gasteiger partial charge in [-0.15, -0.1) is 11.8 Å². The van der Waals surface area contributed by atoms with E-state index in [4.69, 9.17) is 4.74 Å². The second kappa shape index (κ2) is 18.6. The van der Waals surface area contributed by atoms with Crippen LogP contribution < -0.4 is 20.1 Å². The van der Waals surface area contributed by atoms with Crippen LogP contribution in [-0.4, -0.2) is 81.7 Å². The first-order chi connectivity index (χ1) is 26.0. The molecule has 0 heterocycles. The Balaban J connectivity index is 1.46. The highest BCUT2D eigenvalue weighted by Gasteiger charge is 2.28. The van der Waals surface area contributed by atoms with Gasteiger partial charge in [-0.3, -0.25) is 24.5 Å². The number of ether oxygens (including phenoxy) is 1. The van der Waals surface area contributed by atoms with Crippen molar-refractivity contribution in [1.29, 1.82) is 0 Å². The van der Waals surface area contributed by atoms with Crippen LogP contribution in [0.4, 0.5) is 24.5 Å². The number of benzene rings is 4. The molecule has 13 nitrogen and oxygen atoms in total. The maximum atomic E-state index is 13.3. The molecule has 0 bridgehead atoms. The summed E-state index contributed by atoms with van der Waals surface area (Å²) in [7, 11) is 0.0105. The van der Waals surface area contributed by atoms with E-state index in [0.717, 1.165) is 17.0 Å². The van der Waals surface area contributed by atoms with Gasteiger partial charge in [0.15, 0.2) is 0 Å². The van der Waals surface area contributed by atoms with E-state index in [1.807, 2.05) is 40.4 Å². The largest absolute Gasteiger partial charge is 0.496 e. The van der Waals surface area contributed by atoms with E-state index < -0.39 is 56.1 Å². The fourth-order valence-corrected chi connectivity index (χ4v) is 7.08. The number of nitrogens with zero attached hydrogens (tertiary/aromatic N) is 2. The number of nitro groups is 1. The summed E-state index contributed by atoms with van der Waals surface area (Å²) in [6.45, 7) is -1.42. The number of carbonyl (C=O) groups is 3. The minimum Gasteiger partial charge on any atom is -0.496 e. The molecule has 4 aromatic rings. The molecule has 0 spiro atoms. The third-order valence-electron chi connectivity index (χ3n) is 8.03. The Morgan fingerprint density at radius 1 is 0.964 bits per heavy atom. The van der Waals surface area contributed by atoms with Gasteiger partial charge in [0.2, 0.25) is 11.8 Å². The third kappa shape index (κ3) is 12.5. The van der Waals surface area contributed by atoms with E-state index >= 15 is 0 Å². The van der Waals surface area contributed by atoms with Gasteiger partial charge in [0, 0.05) is 60.8 Å². The fraction of sp³-hybridized carbons (Fsp3) is 0.270. The van der Waals surface area contributed by atoms with Crippen molar-refractivity contribution in [3.05, 3.63) is 112 Å². The molecule has 0 radical (unpaired) electrons. The number of methoxy groups -OCH3 is 1. The van der Waals surface area contributed by atoms with Crippen molar-refractivity contribution in [2.24, 2.45) is 0 Å². The van der Waals surface area contributed by atoms with Gasteiger partial charge in [0.05, 0.1) is 16.9 Å². The number of halogens is 3. The molecule has 0 aromatic heterocycles. The summed E-state index contributed by atoms with van der Waals surface area (Å²) in [5.74, 6) is -1.21. The zero-order valence-corrected chi connectivity index (χ0v) is 31.5. The molecule has 0 fully saturated rings. The molecule has 0 aliphatic rings. The molecule has 292 valence electrons. The Hall–Kier alpha value is -5.62. The summed E-state index contributed by atoms with van der Waals surface area (Å²) in [4.78, 5) is 50.6. The molecular weight excluding hydrogens is 764 g/mol. The third-order valence-corrected chi connectivity index (χ3v) is 10.5. The molecule has 55 heavy (non-hydrogen) atoms. The van der Waals surface area contributed by atoms with Gasteiger partial charge in [0.25, 0.3) is 21.6 Å². The number of sulfonamides is 1. The Kier molecular flexibility index (Phi) is 14.3.